The van der Waals surface area contributed by atoms with Crippen LogP contribution < -0.4 is 0 Å². The maximum Gasteiger partial charge on any atom is 0.187 e. The van der Waals surface area contributed by atoms with Crippen LogP contribution in [0.5, 0.6) is 0 Å². The van der Waals surface area contributed by atoms with E-state index in [4.69, 9.17) is 4.74 Å². The Labute approximate surface area is 131 Å². The summed E-state index contributed by atoms with van der Waals surface area (Å²) in [4.78, 5) is 11.7. The summed E-state index contributed by atoms with van der Waals surface area (Å²) >= 11 is 0. The summed E-state index contributed by atoms with van der Waals surface area (Å²) in [6.07, 6.45) is 1.23. The Kier molecular flexibility index (Phi) is 9.76. The molecule has 1 saturated heterocycles. The maximum atomic E-state index is 11.7. The minimum absolute atomic E-state index is 0.161. The zero-order valence-corrected chi connectivity index (χ0v) is 15.1. The number of hydrogen-bond donors (Lipinski definition) is 0. The molecule has 0 N–H and O–H groups in total. The molecule has 0 saturated carbocycles. The number of carbonyl (C=O) groups excluding carboxylic acids is 1. The SMILES string of the molecule is CC(C)(C)C(=O)C[S+]1CCOCC1.CCCCS(=O)(=O)[O-]. The van der Waals surface area contributed by atoms with Crippen LogP contribution in [-0.4, -0.2) is 55.0 Å². The molecule has 0 aliphatic carbocycles. The highest BCUT2D eigenvalue weighted by atomic mass is 32.2. The number of ether oxygens (including phenoxy) is 1. The second-order valence-corrected chi connectivity index (χ2v) is 9.92. The van der Waals surface area contributed by atoms with E-state index in [1.165, 1.54) is 0 Å². The first kappa shape index (κ1) is 20.9. The number of carbonyl (C=O) groups is 1. The van der Waals surface area contributed by atoms with E-state index in [-0.39, 0.29) is 11.2 Å². The third-order valence-corrected chi connectivity index (χ3v) is 5.90. The number of unbranched alkanes of at least 4 members (excludes halogenated alkanes) is 1. The molecule has 0 bridgehead atoms. The van der Waals surface area contributed by atoms with Crippen LogP contribution in [0.1, 0.15) is 40.5 Å². The highest BCUT2D eigenvalue weighted by Gasteiger charge is 2.31. The van der Waals surface area contributed by atoms with Crippen molar-refractivity contribution in [1.82, 2.24) is 0 Å². The molecule has 21 heavy (non-hydrogen) atoms. The molecule has 0 spiro atoms. The van der Waals surface area contributed by atoms with Gasteiger partial charge in [-0.3, -0.25) is 4.79 Å². The van der Waals surface area contributed by atoms with E-state index in [1.54, 1.807) is 0 Å². The molecule has 1 aliphatic heterocycles. The molecule has 0 unspecified atom stereocenters. The Bertz CT molecular complexity index is 392. The molecule has 1 fully saturated rings. The van der Waals surface area contributed by atoms with E-state index in [2.05, 4.69) is 0 Å². The van der Waals surface area contributed by atoms with Crippen molar-refractivity contribution in [2.75, 3.05) is 36.2 Å². The smallest absolute Gasteiger partial charge is 0.187 e. The number of rotatable bonds is 5. The second-order valence-electron chi connectivity index (χ2n) is 6.07. The predicted octanol–water partition coefficient (Wildman–Crippen LogP) is 1.58. The summed E-state index contributed by atoms with van der Waals surface area (Å²) in [5.41, 5.74) is -0.161. The summed E-state index contributed by atoms with van der Waals surface area (Å²) in [5.74, 6) is 3.12. The third kappa shape index (κ3) is 12.1. The van der Waals surface area contributed by atoms with Crippen molar-refractivity contribution in [3.63, 3.8) is 0 Å². The first-order chi connectivity index (χ1) is 9.56. The maximum absolute atomic E-state index is 11.7. The third-order valence-electron chi connectivity index (χ3n) is 2.95. The van der Waals surface area contributed by atoms with Gasteiger partial charge in [0.25, 0.3) is 0 Å². The van der Waals surface area contributed by atoms with Gasteiger partial charge in [-0.25, -0.2) is 8.42 Å². The first-order valence-electron chi connectivity index (χ1n) is 7.25. The zero-order chi connectivity index (χ0) is 16.5. The fraction of sp³-hybridized carbons (Fsp3) is 0.929. The van der Waals surface area contributed by atoms with Gasteiger partial charge < -0.3 is 9.29 Å². The second kappa shape index (κ2) is 9.82. The summed E-state index contributed by atoms with van der Waals surface area (Å²) in [6.45, 7) is 9.53. The van der Waals surface area contributed by atoms with Gasteiger partial charge in [0.05, 0.1) is 23.3 Å². The molecular formula is C14H28O5S2. The van der Waals surface area contributed by atoms with Gasteiger partial charge in [0.2, 0.25) is 0 Å². The molecule has 0 aromatic heterocycles. The number of ketones is 1. The van der Waals surface area contributed by atoms with E-state index in [0.717, 1.165) is 36.9 Å². The molecule has 7 heteroatoms. The van der Waals surface area contributed by atoms with Crippen molar-refractivity contribution in [3.05, 3.63) is 0 Å². The van der Waals surface area contributed by atoms with E-state index in [1.807, 2.05) is 27.7 Å². The molecular weight excluding hydrogens is 312 g/mol. The van der Waals surface area contributed by atoms with Gasteiger partial charge >= 0.3 is 0 Å². The van der Waals surface area contributed by atoms with Crippen molar-refractivity contribution >= 4 is 26.8 Å². The molecule has 0 radical (unpaired) electrons. The fourth-order valence-corrected chi connectivity index (χ4v) is 4.07. The Morgan fingerprint density at radius 1 is 1.24 bits per heavy atom. The van der Waals surface area contributed by atoms with Crippen LogP contribution in [-0.2, 0) is 30.5 Å². The van der Waals surface area contributed by atoms with Gasteiger partial charge in [-0.2, -0.15) is 0 Å². The van der Waals surface area contributed by atoms with Gasteiger partial charge in [-0.05, 0) is 17.3 Å². The summed E-state index contributed by atoms with van der Waals surface area (Å²) in [5, 5.41) is 0. The van der Waals surface area contributed by atoms with Crippen LogP contribution in [0.4, 0.5) is 0 Å². The minimum atomic E-state index is -3.94. The van der Waals surface area contributed by atoms with Gasteiger partial charge in [0, 0.05) is 11.2 Å². The lowest BCUT2D eigenvalue weighted by molar-refractivity contribution is -0.123. The van der Waals surface area contributed by atoms with Crippen LogP contribution in [0, 0.1) is 5.41 Å². The largest absolute Gasteiger partial charge is 0.748 e. The standard InChI is InChI=1S/C10H19O2S.C4H10O3S/c1-10(2,3)9(11)8-13-6-4-12-5-7-13;1-2-3-4-8(5,6)7/h4-8H2,1-3H3;2-4H2,1H3,(H,5,6,7)/q+1;/p-1. The van der Waals surface area contributed by atoms with Crippen LogP contribution in [0.15, 0.2) is 0 Å². The highest BCUT2D eigenvalue weighted by molar-refractivity contribution is 7.97. The Hall–Kier alpha value is -0.110. The number of hydrogen-bond acceptors (Lipinski definition) is 5. The lowest BCUT2D eigenvalue weighted by Gasteiger charge is -2.19. The monoisotopic (exact) mass is 340 g/mol. The Balaban J connectivity index is 0.000000433. The predicted molar refractivity (Wildman–Crippen MR) is 86.7 cm³/mol. The Morgan fingerprint density at radius 2 is 1.76 bits per heavy atom. The van der Waals surface area contributed by atoms with Crippen LogP contribution in [0.2, 0.25) is 0 Å². The van der Waals surface area contributed by atoms with Gasteiger partial charge in [-0.15, -0.1) is 0 Å². The quantitative estimate of drug-likeness (QED) is 0.560. The molecule has 0 aromatic carbocycles. The fourth-order valence-electron chi connectivity index (χ4n) is 1.43. The first-order valence-corrected chi connectivity index (χ1v) is 10.6. The van der Waals surface area contributed by atoms with Crippen molar-refractivity contribution in [2.24, 2.45) is 5.41 Å². The zero-order valence-electron chi connectivity index (χ0n) is 13.5. The molecule has 1 rings (SSSR count). The molecule has 0 amide bonds. The van der Waals surface area contributed by atoms with Crippen LogP contribution in [0.3, 0.4) is 0 Å². The summed E-state index contributed by atoms with van der Waals surface area (Å²) in [6, 6.07) is 0. The lowest BCUT2D eigenvalue weighted by atomic mass is 9.92. The van der Waals surface area contributed by atoms with Crippen LogP contribution in [0.25, 0.3) is 0 Å². The van der Waals surface area contributed by atoms with Gasteiger partial charge in [-0.1, -0.05) is 34.1 Å². The molecule has 5 nitrogen and oxygen atoms in total. The van der Waals surface area contributed by atoms with E-state index in [9.17, 15) is 17.8 Å². The molecule has 0 aromatic rings. The van der Waals surface area contributed by atoms with Crippen molar-refractivity contribution in [3.8, 4) is 0 Å². The van der Waals surface area contributed by atoms with E-state index >= 15 is 0 Å². The average Bonchev–Trinajstić information content (AvgIpc) is 2.36. The Morgan fingerprint density at radius 3 is 2.10 bits per heavy atom. The van der Waals surface area contributed by atoms with E-state index in [0.29, 0.717) is 23.1 Å². The van der Waals surface area contributed by atoms with E-state index < -0.39 is 10.1 Å². The van der Waals surface area contributed by atoms with Gasteiger partial charge in [0.15, 0.2) is 11.5 Å². The van der Waals surface area contributed by atoms with Crippen LogP contribution >= 0.6 is 0 Å². The molecule has 126 valence electrons. The lowest BCUT2D eigenvalue weighted by Crippen LogP contribution is -2.35. The minimum Gasteiger partial charge on any atom is -0.748 e. The summed E-state index contributed by atoms with van der Waals surface area (Å²) < 4.78 is 34.8. The van der Waals surface area contributed by atoms with Gasteiger partial charge in [0.1, 0.15) is 11.5 Å². The normalized spacial score (nSPS) is 17.0. The highest BCUT2D eigenvalue weighted by Crippen LogP contribution is 2.17. The summed E-state index contributed by atoms with van der Waals surface area (Å²) in [7, 11) is -3.63. The molecule has 0 atom stereocenters. The van der Waals surface area contributed by atoms with Crippen molar-refractivity contribution < 1.29 is 22.5 Å². The molecule has 1 heterocycles. The average molecular weight is 341 g/mol. The molecule has 1 aliphatic rings. The van der Waals surface area contributed by atoms with Crippen molar-refractivity contribution in [1.29, 1.82) is 0 Å². The number of Topliss-reactive ketones (excluding diaryl/α,β-unsaturated/α-hetero) is 1. The topological polar surface area (TPSA) is 83.5 Å². The van der Waals surface area contributed by atoms with Crippen molar-refractivity contribution in [2.45, 2.75) is 40.5 Å².